The molecule has 18 heavy (non-hydrogen) atoms. The number of pyridine rings is 1. The lowest BCUT2D eigenvalue weighted by molar-refractivity contribution is 0.455. The van der Waals surface area contributed by atoms with E-state index in [9.17, 15) is 0 Å². The van der Waals surface area contributed by atoms with E-state index in [0.29, 0.717) is 6.54 Å². The lowest BCUT2D eigenvalue weighted by Gasteiger charge is -2.08. The zero-order valence-corrected chi connectivity index (χ0v) is 9.78. The predicted octanol–water partition coefficient (Wildman–Crippen LogP) is 2.59. The van der Waals surface area contributed by atoms with Gasteiger partial charge in [0, 0.05) is 18.9 Å². The maximum atomic E-state index is 5.86. The van der Waals surface area contributed by atoms with Crippen LogP contribution in [-0.4, -0.2) is 9.38 Å². The summed E-state index contributed by atoms with van der Waals surface area (Å²) in [5, 5.41) is 0. The molecule has 0 unspecified atom stereocenters. The number of aromatic nitrogens is 2. The first-order chi connectivity index (χ1) is 8.86. The molecule has 4 nitrogen and oxygen atoms in total. The summed E-state index contributed by atoms with van der Waals surface area (Å²) in [5.41, 5.74) is 7.53. The second-order valence-corrected chi connectivity index (χ2v) is 3.97. The molecule has 0 fully saturated rings. The Morgan fingerprint density at radius 1 is 1.17 bits per heavy atom. The number of benzene rings is 1. The molecule has 0 bridgehead atoms. The van der Waals surface area contributed by atoms with Crippen molar-refractivity contribution in [1.82, 2.24) is 9.38 Å². The Morgan fingerprint density at radius 2 is 2.06 bits per heavy atom. The van der Waals surface area contributed by atoms with Crippen LogP contribution in [0.15, 0.2) is 54.9 Å². The van der Waals surface area contributed by atoms with E-state index in [1.54, 1.807) is 6.20 Å². The summed E-state index contributed by atoms with van der Waals surface area (Å²) in [6.07, 6.45) is 3.62. The van der Waals surface area contributed by atoms with Crippen LogP contribution in [0, 0.1) is 0 Å². The molecule has 0 aliphatic carbocycles. The summed E-state index contributed by atoms with van der Waals surface area (Å²) in [5.74, 6) is 1.51. The SMILES string of the molecule is NCc1cccc(Oc2cccc3nccn23)c1. The zero-order chi connectivity index (χ0) is 12.4. The van der Waals surface area contributed by atoms with Gasteiger partial charge in [-0.15, -0.1) is 0 Å². The van der Waals surface area contributed by atoms with E-state index in [0.717, 1.165) is 22.8 Å². The highest BCUT2D eigenvalue weighted by Gasteiger charge is 2.03. The van der Waals surface area contributed by atoms with Crippen molar-refractivity contribution in [3.8, 4) is 11.6 Å². The topological polar surface area (TPSA) is 52.5 Å². The quantitative estimate of drug-likeness (QED) is 0.764. The van der Waals surface area contributed by atoms with Gasteiger partial charge in [0.05, 0.1) is 0 Å². The molecule has 0 saturated carbocycles. The summed E-state index contributed by atoms with van der Waals surface area (Å²) >= 11 is 0. The van der Waals surface area contributed by atoms with E-state index >= 15 is 0 Å². The third kappa shape index (κ3) is 1.94. The van der Waals surface area contributed by atoms with E-state index in [4.69, 9.17) is 10.5 Å². The van der Waals surface area contributed by atoms with Gasteiger partial charge in [0.2, 0.25) is 5.88 Å². The molecule has 0 aliphatic rings. The van der Waals surface area contributed by atoms with Crippen molar-refractivity contribution in [2.24, 2.45) is 5.73 Å². The van der Waals surface area contributed by atoms with Gasteiger partial charge in [-0.3, -0.25) is 4.40 Å². The van der Waals surface area contributed by atoms with Crippen molar-refractivity contribution >= 4 is 5.65 Å². The number of fused-ring (bicyclic) bond motifs is 1. The highest BCUT2D eigenvalue weighted by atomic mass is 16.5. The molecule has 90 valence electrons. The number of ether oxygens (including phenoxy) is 1. The van der Waals surface area contributed by atoms with Crippen molar-refractivity contribution in [2.75, 3.05) is 0 Å². The van der Waals surface area contributed by atoms with E-state index in [1.807, 2.05) is 53.1 Å². The maximum Gasteiger partial charge on any atom is 0.205 e. The molecule has 0 aliphatic heterocycles. The second-order valence-electron chi connectivity index (χ2n) is 3.97. The Hall–Kier alpha value is -2.33. The van der Waals surface area contributed by atoms with Crippen molar-refractivity contribution < 1.29 is 4.74 Å². The summed E-state index contributed by atoms with van der Waals surface area (Å²) in [6, 6.07) is 13.5. The van der Waals surface area contributed by atoms with Crippen LogP contribution in [0.25, 0.3) is 5.65 Å². The van der Waals surface area contributed by atoms with E-state index in [2.05, 4.69) is 4.98 Å². The summed E-state index contributed by atoms with van der Waals surface area (Å²) in [4.78, 5) is 4.22. The first kappa shape index (κ1) is 10.8. The fourth-order valence-corrected chi connectivity index (χ4v) is 1.86. The van der Waals surface area contributed by atoms with Gasteiger partial charge in [-0.1, -0.05) is 18.2 Å². The Morgan fingerprint density at radius 3 is 2.94 bits per heavy atom. The van der Waals surface area contributed by atoms with Crippen LogP contribution in [0.5, 0.6) is 11.6 Å². The molecule has 2 aromatic heterocycles. The highest BCUT2D eigenvalue weighted by Crippen LogP contribution is 2.22. The van der Waals surface area contributed by atoms with Gasteiger partial charge in [0.1, 0.15) is 11.4 Å². The second kappa shape index (κ2) is 4.50. The molecule has 0 spiro atoms. The molecule has 3 rings (SSSR count). The molecule has 2 heterocycles. The van der Waals surface area contributed by atoms with Gasteiger partial charge in [-0.25, -0.2) is 4.98 Å². The van der Waals surface area contributed by atoms with Gasteiger partial charge in [0.15, 0.2) is 0 Å². The minimum absolute atomic E-state index is 0.506. The monoisotopic (exact) mass is 239 g/mol. The summed E-state index contributed by atoms with van der Waals surface area (Å²) in [6.45, 7) is 0.506. The largest absolute Gasteiger partial charge is 0.440 e. The van der Waals surface area contributed by atoms with Crippen LogP contribution in [0.1, 0.15) is 5.56 Å². The van der Waals surface area contributed by atoms with Gasteiger partial charge < -0.3 is 10.5 Å². The van der Waals surface area contributed by atoms with E-state index in [1.165, 1.54) is 0 Å². The molecular weight excluding hydrogens is 226 g/mol. The lowest BCUT2D eigenvalue weighted by atomic mass is 10.2. The minimum Gasteiger partial charge on any atom is -0.440 e. The van der Waals surface area contributed by atoms with Crippen molar-refractivity contribution in [1.29, 1.82) is 0 Å². The molecular formula is C14H13N3O. The van der Waals surface area contributed by atoms with Gasteiger partial charge in [-0.2, -0.15) is 0 Å². The molecule has 4 heteroatoms. The van der Waals surface area contributed by atoms with Crippen LogP contribution in [-0.2, 0) is 6.54 Å². The Bertz CT molecular complexity index is 675. The number of nitrogens with two attached hydrogens (primary N) is 1. The number of hydrogen-bond acceptors (Lipinski definition) is 3. The fourth-order valence-electron chi connectivity index (χ4n) is 1.86. The van der Waals surface area contributed by atoms with Gasteiger partial charge in [0.25, 0.3) is 0 Å². The Balaban J connectivity index is 1.98. The third-order valence-corrected chi connectivity index (χ3v) is 2.75. The molecule has 0 radical (unpaired) electrons. The van der Waals surface area contributed by atoms with Crippen molar-refractivity contribution in [3.05, 3.63) is 60.4 Å². The van der Waals surface area contributed by atoms with Gasteiger partial charge >= 0.3 is 0 Å². The summed E-state index contributed by atoms with van der Waals surface area (Å²) < 4.78 is 7.76. The van der Waals surface area contributed by atoms with Crippen molar-refractivity contribution in [3.63, 3.8) is 0 Å². The molecule has 0 saturated heterocycles. The molecule has 2 N–H and O–H groups in total. The van der Waals surface area contributed by atoms with Crippen LogP contribution < -0.4 is 10.5 Å². The number of hydrogen-bond donors (Lipinski definition) is 1. The Labute approximate surface area is 105 Å². The normalized spacial score (nSPS) is 10.7. The van der Waals surface area contributed by atoms with Crippen molar-refractivity contribution in [2.45, 2.75) is 6.54 Å². The molecule has 1 aromatic carbocycles. The Kier molecular flexibility index (Phi) is 2.70. The zero-order valence-electron chi connectivity index (χ0n) is 9.78. The molecule has 3 aromatic rings. The highest BCUT2D eigenvalue weighted by molar-refractivity contribution is 5.43. The van der Waals surface area contributed by atoms with Crippen LogP contribution >= 0.6 is 0 Å². The van der Waals surface area contributed by atoms with Gasteiger partial charge in [-0.05, 0) is 29.8 Å². The average molecular weight is 239 g/mol. The standard InChI is InChI=1S/C14H13N3O/c15-10-11-3-1-4-12(9-11)18-14-6-2-5-13-16-7-8-17(13)14/h1-9H,10,15H2. The summed E-state index contributed by atoms with van der Waals surface area (Å²) in [7, 11) is 0. The smallest absolute Gasteiger partial charge is 0.205 e. The molecule has 0 amide bonds. The van der Waals surface area contributed by atoms with E-state index in [-0.39, 0.29) is 0 Å². The number of imidazole rings is 1. The fraction of sp³-hybridized carbons (Fsp3) is 0.0714. The predicted molar refractivity (Wildman–Crippen MR) is 69.6 cm³/mol. The first-order valence-electron chi connectivity index (χ1n) is 5.76. The lowest BCUT2D eigenvalue weighted by Crippen LogP contribution is -1.97. The van der Waals surface area contributed by atoms with Crippen LogP contribution in [0.3, 0.4) is 0 Å². The molecule has 0 atom stereocenters. The van der Waals surface area contributed by atoms with E-state index < -0.39 is 0 Å². The number of rotatable bonds is 3. The first-order valence-corrected chi connectivity index (χ1v) is 5.76. The van der Waals surface area contributed by atoms with Crippen LogP contribution in [0.2, 0.25) is 0 Å². The number of nitrogens with zero attached hydrogens (tertiary/aromatic N) is 2. The maximum absolute atomic E-state index is 5.86. The van der Waals surface area contributed by atoms with Crippen LogP contribution in [0.4, 0.5) is 0 Å². The minimum atomic E-state index is 0.506. The average Bonchev–Trinajstić information content (AvgIpc) is 2.88. The third-order valence-electron chi connectivity index (χ3n) is 2.75.